The molecule has 1 fully saturated rings. The zero-order valence-electron chi connectivity index (χ0n) is 12.7. The van der Waals surface area contributed by atoms with Gasteiger partial charge >= 0.3 is 0 Å². The predicted molar refractivity (Wildman–Crippen MR) is 81.8 cm³/mol. The molecule has 1 saturated heterocycles. The van der Waals surface area contributed by atoms with Crippen molar-refractivity contribution in [2.24, 2.45) is 13.0 Å². The maximum atomic E-state index is 12.3. The maximum Gasteiger partial charge on any atom is 0.279 e. The molecule has 0 aliphatic carbocycles. The van der Waals surface area contributed by atoms with Gasteiger partial charge < -0.3 is 5.32 Å². The van der Waals surface area contributed by atoms with Crippen LogP contribution < -0.4 is 10.0 Å². The van der Waals surface area contributed by atoms with E-state index in [-0.39, 0.29) is 6.54 Å². The summed E-state index contributed by atoms with van der Waals surface area (Å²) in [6.45, 7) is 5.49. The summed E-state index contributed by atoms with van der Waals surface area (Å²) in [6.07, 6.45) is 3.50. The molecule has 120 valence electrons. The molecule has 0 amide bonds. The molecule has 1 aromatic rings. The Morgan fingerprint density at radius 2 is 2.10 bits per heavy atom. The lowest BCUT2D eigenvalue weighted by molar-refractivity contribution is 0.266. The lowest BCUT2D eigenvalue weighted by Crippen LogP contribution is -2.46. The van der Waals surface area contributed by atoms with Crippen LogP contribution in [0.4, 0.5) is 0 Å². The van der Waals surface area contributed by atoms with Crippen LogP contribution in [0.25, 0.3) is 0 Å². The number of rotatable bonds is 7. The Morgan fingerprint density at radius 3 is 2.67 bits per heavy atom. The van der Waals surface area contributed by atoms with E-state index in [1.54, 1.807) is 22.2 Å². The van der Waals surface area contributed by atoms with Gasteiger partial charge in [0.25, 0.3) is 10.2 Å². The van der Waals surface area contributed by atoms with Crippen LogP contribution in [0.15, 0.2) is 12.3 Å². The van der Waals surface area contributed by atoms with Crippen molar-refractivity contribution >= 4 is 10.2 Å². The van der Waals surface area contributed by atoms with Gasteiger partial charge in [-0.05, 0) is 37.9 Å². The summed E-state index contributed by atoms with van der Waals surface area (Å²) in [5.74, 6) is 0.577. The maximum absolute atomic E-state index is 12.3. The first kappa shape index (κ1) is 16.4. The van der Waals surface area contributed by atoms with Crippen LogP contribution >= 0.6 is 0 Å². The van der Waals surface area contributed by atoms with Crippen molar-refractivity contribution in [1.82, 2.24) is 24.1 Å². The Balaban J connectivity index is 1.82. The highest BCUT2D eigenvalue weighted by Crippen LogP contribution is 2.18. The number of aryl methyl sites for hydroxylation is 1. The molecule has 8 heteroatoms. The molecule has 2 rings (SSSR count). The summed E-state index contributed by atoms with van der Waals surface area (Å²) >= 11 is 0. The van der Waals surface area contributed by atoms with Crippen molar-refractivity contribution < 1.29 is 8.42 Å². The van der Waals surface area contributed by atoms with Crippen molar-refractivity contribution in [3.8, 4) is 0 Å². The molecule has 7 nitrogen and oxygen atoms in total. The van der Waals surface area contributed by atoms with Gasteiger partial charge in [0.15, 0.2) is 0 Å². The van der Waals surface area contributed by atoms with Gasteiger partial charge in [0.05, 0.1) is 12.2 Å². The smallest absolute Gasteiger partial charge is 0.279 e. The van der Waals surface area contributed by atoms with Gasteiger partial charge in [-0.1, -0.05) is 6.92 Å². The van der Waals surface area contributed by atoms with Gasteiger partial charge in [-0.15, -0.1) is 0 Å². The molecule has 1 aliphatic heterocycles. The van der Waals surface area contributed by atoms with Crippen molar-refractivity contribution in [1.29, 1.82) is 0 Å². The van der Waals surface area contributed by atoms with Crippen LogP contribution in [0.5, 0.6) is 0 Å². The van der Waals surface area contributed by atoms with Crippen LogP contribution in [-0.2, 0) is 23.8 Å². The summed E-state index contributed by atoms with van der Waals surface area (Å²) in [5.41, 5.74) is 0.848. The lowest BCUT2D eigenvalue weighted by atomic mass is 9.98. The lowest BCUT2D eigenvalue weighted by Gasteiger charge is -2.31. The molecule has 21 heavy (non-hydrogen) atoms. The predicted octanol–water partition coefficient (Wildman–Crippen LogP) is 0.0760. The summed E-state index contributed by atoms with van der Waals surface area (Å²) in [7, 11) is -1.60. The fourth-order valence-corrected chi connectivity index (χ4v) is 3.74. The van der Waals surface area contributed by atoms with Crippen LogP contribution in [0.1, 0.15) is 25.5 Å². The molecule has 2 N–H and O–H groups in total. The number of nitrogens with zero attached hydrogens (tertiary/aromatic N) is 3. The molecule has 2 heterocycles. The highest BCUT2D eigenvalue weighted by Gasteiger charge is 2.27. The Kier molecular flexibility index (Phi) is 5.74. The molecule has 0 spiro atoms. The largest absolute Gasteiger partial charge is 0.317 e. The first-order valence-corrected chi connectivity index (χ1v) is 8.89. The van der Waals surface area contributed by atoms with Crippen molar-refractivity contribution in [3.05, 3.63) is 18.0 Å². The number of hydrogen-bond acceptors (Lipinski definition) is 4. The topological polar surface area (TPSA) is 79.3 Å². The van der Waals surface area contributed by atoms with E-state index in [1.165, 1.54) is 0 Å². The molecular weight excluding hydrogens is 290 g/mol. The molecule has 1 aromatic heterocycles. The second-order valence-electron chi connectivity index (χ2n) is 5.42. The van der Waals surface area contributed by atoms with E-state index in [4.69, 9.17) is 0 Å². The number of nitrogens with one attached hydrogen (secondary N) is 2. The number of aromatic nitrogens is 2. The Bertz CT molecular complexity index is 535. The molecule has 0 saturated carbocycles. The van der Waals surface area contributed by atoms with E-state index in [2.05, 4.69) is 22.1 Å². The van der Waals surface area contributed by atoms with Crippen LogP contribution in [0, 0.1) is 5.92 Å². The fraction of sp³-hybridized carbons (Fsp3) is 0.769. The SMILES string of the molecule is CCNCC1CCN(S(=O)(=O)NCc2ccnn2C)CC1. The van der Waals surface area contributed by atoms with Crippen LogP contribution in [-0.4, -0.2) is 48.7 Å². The van der Waals surface area contributed by atoms with Crippen molar-refractivity contribution in [3.63, 3.8) is 0 Å². The molecule has 0 radical (unpaired) electrons. The quantitative estimate of drug-likeness (QED) is 0.747. The first-order valence-electron chi connectivity index (χ1n) is 7.45. The summed E-state index contributed by atoms with van der Waals surface area (Å²) in [4.78, 5) is 0. The van der Waals surface area contributed by atoms with Crippen LogP contribution in [0.2, 0.25) is 0 Å². The monoisotopic (exact) mass is 315 g/mol. The normalized spacial score (nSPS) is 18.2. The Labute approximate surface area is 126 Å². The third-order valence-electron chi connectivity index (χ3n) is 3.95. The van der Waals surface area contributed by atoms with E-state index in [0.717, 1.165) is 31.6 Å². The highest BCUT2D eigenvalue weighted by molar-refractivity contribution is 7.87. The molecule has 0 aromatic carbocycles. The summed E-state index contributed by atoms with van der Waals surface area (Å²) in [6, 6.07) is 1.81. The van der Waals surface area contributed by atoms with Gasteiger partial charge in [-0.3, -0.25) is 4.68 Å². The second kappa shape index (κ2) is 7.35. The minimum atomic E-state index is -3.40. The van der Waals surface area contributed by atoms with Crippen LogP contribution in [0.3, 0.4) is 0 Å². The number of hydrogen-bond donors (Lipinski definition) is 2. The van der Waals surface area contributed by atoms with Crippen molar-refractivity contribution in [2.45, 2.75) is 26.3 Å². The van der Waals surface area contributed by atoms with Gasteiger partial charge in [0.2, 0.25) is 0 Å². The van der Waals surface area contributed by atoms with Gasteiger partial charge in [0.1, 0.15) is 0 Å². The van der Waals surface area contributed by atoms with E-state index in [9.17, 15) is 8.42 Å². The van der Waals surface area contributed by atoms with Gasteiger partial charge in [-0.2, -0.15) is 22.5 Å². The fourth-order valence-electron chi connectivity index (χ4n) is 2.53. The Morgan fingerprint density at radius 1 is 1.38 bits per heavy atom. The zero-order chi connectivity index (χ0) is 15.3. The molecule has 1 aliphatic rings. The molecule has 0 bridgehead atoms. The molecular formula is C13H25N5O2S. The van der Waals surface area contributed by atoms with E-state index in [1.807, 2.05) is 6.07 Å². The van der Waals surface area contributed by atoms with E-state index in [0.29, 0.717) is 19.0 Å². The van der Waals surface area contributed by atoms with Gasteiger partial charge in [-0.25, -0.2) is 0 Å². The zero-order valence-corrected chi connectivity index (χ0v) is 13.6. The summed E-state index contributed by atoms with van der Waals surface area (Å²) in [5, 5.41) is 7.36. The second-order valence-corrected chi connectivity index (χ2v) is 7.18. The highest BCUT2D eigenvalue weighted by atomic mass is 32.2. The first-order chi connectivity index (χ1) is 10.0. The van der Waals surface area contributed by atoms with Gasteiger partial charge in [0, 0.05) is 26.3 Å². The summed E-state index contributed by atoms with van der Waals surface area (Å²) < 4.78 is 30.4. The third-order valence-corrected chi connectivity index (χ3v) is 5.51. The molecule has 0 unspecified atom stereocenters. The van der Waals surface area contributed by atoms with Crippen molar-refractivity contribution in [2.75, 3.05) is 26.2 Å². The minimum absolute atomic E-state index is 0.274. The van der Waals surface area contributed by atoms with E-state index < -0.39 is 10.2 Å². The Hall–Kier alpha value is -0.960. The molecule has 0 atom stereocenters. The average molecular weight is 315 g/mol. The van der Waals surface area contributed by atoms with E-state index >= 15 is 0 Å². The minimum Gasteiger partial charge on any atom is -0.317 e. The average Bonchev–Trinajstić information content (AvgIpc) is 2.89. The third kappa shape index (κ3) is 4.50. The standard InChI is InChI=1S/C13H25N5O2S/c1-3-14-10-12-5-8-18(9-6-12)21(19,20)16-11-13-4-7-15-17(13)2/h4,7,12,14,16H,3,5-6,8-11H2,1-2H3. The number of piperidine rings is 1.